The fourth-order valence-corrected chi connectivity index (χ4v) is 2.14. The summed E-state index contributed by atoms with van der Waals surface area (Å²) in [5, 5.41) is -0.300. The van der Waals surface area contributed by atoms with Crippen molar-refractivity contribution < 1.29 is 13.2 Å². The number of pyridine rings is 1. The Hall–Kier alpha value is -1.59. The predicted octanol–water partition coefficient (Wildman–Crippen LogP) is 4.36. The van der Waals surface area contributed by atoms with Crippen LogP contribution < -0.4 is 5.73 Å². The molecule has 2 N–H and O–H groups in total. The van der Waals surface area contributed by atoms with Crippen LogP contribution in [0.4, 0.5) is 13.2 Å². The summed E-state index contributed by atoms with van der Waals surface area (Å²) in [7, 11) is 0. The molecular weight excluding hydrogens is 301 g/mol. The van der Waals surface area contributed by atoms with E-state index in [-0.39, 0.29) is 11.1 Å². The summed E-state index contributed by atoms with van der Waals surface area (Å²) in [4.78, 5) is 4.22. The molecule has 0 saturated heterocycles. The first-order chi connectivity index (χ1) is 9.77. The summed E-state index contributed by atoms with van der Waals surface area (Å²) >= 11 is 5.59. The molecule has 0 saturated carbocycles. The second-order valence-corrected chi connectivity index (χ2v) is 5.27. The van der Waals surface area contributed by atoms with Crippen LogP contribution >= 0.6 is 11.6 Å². The minimum Gasteiger partial charge on any atom is -0.324 e. The van der Waals surface area contributed by atoms with Crippen molar-refractivity contribution in [3.05, 3.63) is 63.9 Å². The Kier molecular flexibility index (Phi) is 4.54. The Morgan fingerprint density at radius 3 is 2.48 bits per heavy atom. The first-order valence-electron chi connectivity index (χ1n) is 6.33. The zero-order valence-electron chi connectivity index (χ0n) is 11.3. The second kappa shape index (κ2) is 6.03. The van der Waals surface area contributed by atoms with Crippen molar-refractivity contribution in [2.75, 3.05) is 0 Å². The zero-order valence-corrected chi connectivity index (χ0v) is 12.0. The summed E-state index contributed by atoms with van der Waals surface area (Å²) < 4.78 is 38.4. The van der Waals surface area contributed by atoms with Crippen LogP contribution in [-0.2, 0) is 12.6 Å². The lowest BCUT2D eigenvalue weighted by Crippen LogP contribution is -2.07. The third-order valence-corrected chi connectivity index (χ3v) is 3.42. The maximum absolute atomic E-state index is 12.8. The second-order valence-electron chi connectivity index (χ2n) is 4.86. The van der Waals surface area contributed by atoms with E-state index in [0.29, 0.717) is 17.7 Å². The Morgan fingerprint density at radius 1 is 1.24 bits per heavy atom. The number of rotatable bonds is 3. The Labute approximate surface area is 125 Å². The van der Waals surface area contributed by atoms with Gasteiger partial charge in [0.1, 0.15) is 0 Å². The van der Waals surface area contributed by atoms with Gasteiger partial charge in [-0.1, -0.05) is 23.7 Å². The molecule has 112 valence electrons. The van der Waals surface area contributed by atoms with E-state index >= 15 is 0 Å². The SMILES string of the molecule is CC(N)c1ccc(Cc2ccc(Cl)c(C(F)(F)F)c2)nc1. The van der Waals surface area contributed by atoms with Crippen LogP contribution in [0.3, 0.4) is 0 Å². The molecule has 0 bridgehead atoms. The van der Waals surface area contributed by atoms with Crippen molar-refractivity contribution >= 4 is 11.6 Å². The maximum Gasteiger partial charge on any atom is 0.417 e. The molecule has 2 aromatic rings. The monoisotopic (exact) mass is 314 g/mol. The van der Waals surface area contributed by atoms with Crippen LogP contribution in [0.1, 0.15) is 35.3 Å². The lowest BCUT2D eigenvalue weighted by Gasteiger charge is -2.11. The highest BCUT2D eigenvalue weighted by molar-refractivity contribution is 6.31. The molecule has 1 unspecified atom stereocenters. The van der Waals surface area contributed by atoms with Gasteiger partial charge >= 0.3 is 6.18 Å². The average Bonchev–Trinajstić information content (AvgIpc) is 2.40. The molecule has 0 radical (unpaired) electrons. The summed E-state index contributed by atoms with van der Waals surface area (Å²) in [6, 6.07) is 7.35. The summed E-state index contributed by atoms with van der Waals surface area (Å²) in [6.07, 6.45) is -2.51. The smallest absolute Gasteiger partial charge is 0.324 e. The van der Waals surface area contributed by atoms with Gasteiger partial charge in [0.15, 0.2) is 0 Å². The molecule has 0 amide bonds. The number of hydrogen-bond acceptors (Lipinski definition) is 2. The Morgan fingerprint density at radius 2 is 1.95 bits per heavy atom. The highest BCUT2D eigenvalue weighted by atomic mass is 35.5. The van der Waals surface area contributed by atoms with Crippen LogP contribution in [0.25, 0.3) is 0 Å². The van der Waals surface area contributed by atoms with E-state index < -0.39 is 11.7 Å². The maximum atomic E-state index is 12.8. The van der Waals surface area contributed by atoms with Crippen molar-refractivity contribution in [3.8, 4) is 0 Å². The number of aromatic nitrogens is 1. The van der Waals surface area contributed by atoms with Gasteiger partial charge in [0.05, 0.1) is 10.6 Å². The van der Waals surface area contributed by atoms with E-state index in [0.717, 1.165) is 11.6 Å². The van der Waals surface area contributed by atoms with Crippen molar-refractivity contribution in [1.29, 1.82) is 0 Å². The summed E-state index contributed by atoms with van der Waals surface area (Å²) in [5.74, 6) is 0. The van der Waals surface area contributed by atoms with E-state index in [4.69, 9.17) is 17.3 Å². The molecule has 2 rings (SSSR count). The molecule has 21 heavy (non-hydrogen) atoms. The van der Waals surface area contributed by atoms with E-state index in [1.807, 2.05) is 13.0 Å². The van der Waals surface area contributed by atoms with Crippen LogP contribution in [0, 0.1) is 0 Å². The van der Waals surface area contributed by atoms with Gasteiger partial charge in [0.25, 0.3) is 0 Å². The van der Waals surface area contributed by atoms with E-state index in [1.165, 1.54) is 6.07 Å². The Balaban J connectivity index is 2.24. The first kappa shape index (κ1) is 15.8. The zero-order chi connectivity index (χ0) is 15.6. The van der Waals surface area contributed by atoms with Gasteiger partial charge in [-0.15, -0.1) is 0 Å². The highest BCUT2D eigenvalue weighted by Gasteiger charge is 2.33. The van der Waals surface area contributed by atoms with Crippen LogP contribution in [0.15, 0.2) is 36.5 Å². The fourth-order valence-electron chi connectivity index (χ4n) is 1.92. The molecule has 2 nitrogen and oxygen atoms in total. The predicted molar refractivity (Wildman–Crippen MR) is 76.1 cm³/mol. The minimum absolute atomic E-state index is 0.126. The van der Waals surface area contributed by atoms with Gasteiger partial charge in [-0.3, -0.25) is 4.98 Å². The Bertz CT molecular complexity index is 622. The van der Waals surface area contributed by atoms with Gasteiger partial charge in [-0.05, 0) is 36.2 Å². The normalized spacial score (nSPS) is 13.2. The third-order valence-electron chi connectivity index (χ3n) is 3.09. The average molecular weight is 315 g/mol. The molecule has 0 fully saturated rings. The number of halogens is 4. The molecule has 0 aliphatic heterocycles. The quantitative estimate of drug-likeness (QED) is 0.914. The molecule has 0 spiro atoms. The number of hydrogen-bond donors (Lipinski definition) is 1. The molecule has 0 aliphatic carbocycles. The van der Waals surface area contributed by atoms with Crippen LogP contribution in [0.2, 0.25) is 5.02 Å². The number of benzene rings is 1. The molecule has 1 aromatic carbocycles. The highest BCUT2D eigenvalue weighted by Crippen LogP contribution is 2.35. The van der Waals surface area contributed by atoms with Crippen molar-refractivity contribution in [2.45, 2.75) is 25.6 Å². The molecule has 0 aliphatic rings. The lowest BCUT2D eigenvalue weighted by molar-refractivity contribution is -0.137. The van der Waals surface area contributed by atoms with Gasteiger partial charge in [0, 0.05) is 24.4 Å². The lowest BCUT2D eigenvalue weighted by atomic mass is 10.0. The molecular formula is C15H14ClF3N2. The fraction of sp³-hybridized carbons (Fsp3) is 0.267. The van der Waals surface area contributed by atoms with Gasteiger partial charge in [0.2, 0.25) is 0 Å². The van der Waals surface area contributed by atoms with E-state index in [9.17, 15) is 13.2 Å². The topological polar surface area (TPSA) is 38.9 Å². The number of alkyl halides is 3. The van der Waals surface area contributed by atoms with Crippen molar-refractivity contribution in [2.24, 2.45) is 5.73 Å². The number of nitrogens with zero attached hydrogens (tertiary/aromatic N) is 1. The molecule has 1 aromatic heterocycles. The van der Waals surface area contributed by atoms with Crippen LogP contribution in [0.5, 0.6) is 0 Å². The van der Waals surface area contributed by atoms with Crippen molar-refractivity contribution in [1.82, 2.24) is 4.98 Å². The van der Waals surface area contributed by atoms with Crippen molar-refractivity contribution in [3.63, 3.8) is 0 Å². The summed E-state index contributed by atoms with van der Waals surface area (Å²) in [6.45, 7) is 1.84. The standard InChI is InChI=1S/C15H14ClF3N2/c1-9(20)11-3-4-12(21-8-11)6-10-2-5-14(16)13(7-10)15(17,18)19/h2-5,7-9H,6,20H2,1H3. The first-order valence-corrected chi connectivity index (χ1v) is 6.71. The summed E-state index contributed by atoms with van der Waals surface area (Å²) in [5.41, 5.74) is 6.96. The van der Waals surface area contributed by atoms with Gasteiger partial charge in [-0.25, -0.2) is 0 Å². The van der Waals surface area contributed by atoms with Gasteiger partial charge < -0.3 is 5.73 Å². The minimum atomic E-state index is -4.46. The van der Waals surface area contributed by atoms with E-state index in [1.54, 1.807) is 18.3 Å². The number of nitrogens with two attached hydrogens (primary N) is 1. The molecule has 1 atom stereocenters. The van der Waals surface area contributed by atoms with Crippen LogP contribution in [-0.4, -0.2) is 4.98 Å². The third kappa shape index (κ3) is 3.95. The largest absolute Gasteiger partial charge is 0.417 e. The molecule has 6 heteroatoms. The molecule has 1 heterocycles. The van der Waals surface area contributed by atoms with Gasteiger partial charge in [-0.2, -0.15) is 13.2 Å². The van der Waals surface area contributed by atoms with E-state index in [2.05, 4.69) is 4.98 Å².